The van der Waals surface area contributed by atoms with Crippen LogP contribution in [0.3, 0.4) is 0 Å². The second-order valence-electron chi connectivity index (χ2n) is 17.6. The Morgan fingerprint density at radius 3 is 1.83 bits per heavy atom. The van der Waals surface area contributed by atoms with Gasteiger partial charge in [-0.2, -0.15) is 0 Å². The molecule has 3 heteroatoms. The van der Waals surface area contributed by atoms with Crippen molar-refractivity contribution >= 4 is 60.8 Å². The average molecular weight is 763 g/mol. The summed E-state index contributed by atoms with van der Waals surface area (Å²) in [6, 6.07) is 66.5. The van der Waals surface area contributed by atoms with Gasteiger partial charge in [0.05, 0.1) is 16.7 Å². The zero-order valence-corrected chi connectivity index (χ0v) is 34.0. The van der Waals surface area contributed by atoms with Crippen molar-refractivity contribution in [2.75, 3.05) is 4.90 Å². The van der Waals surface area contributed by atoms with Crippen molar-refractivity contribution in [3.8, 4) is 27.9 Å². The fraction of sp³-hybridized carbons (Fsp3) is 0.143. The van der Waals surface area contributed by atoms with Gasteiger partial charge in [-0.25, -0.2) is 0 Å². The quantitative estimate of drug-likeness (QED) is 0.168. The molecule has 59 heavy (non-hydrogen) atoms. The maximum atomic E-state index is 6.54. The van der Waals surface area contributed by atoms with Gasteiger partial charge in [0.25, 0.3) is 0 Å². The van der Waals surface area contributed by atoms with Crippen molar-refractivity contribution < 1.29 is 4.42 Å². The van der Waals surface area contributed by atoms with Crippen LogP contribution in [0.4, 0.5) is 17.1 Å². The number of nitrogens with zero attached hydrogens (tertiary/aromatic N) is 2. The first-order chi connectivity index (χ1) is 28.7. The molecule has 0 radical (unpaired) electrons. The number of furan rings is 1. The molecule has 1 aliphatic carbocycles. The molecule has 0 N–H and O–H groups in total. The molecule has 0 amide bonds. The van der Waals surface area contributed by atoms with Crippen LogP contribution < -0.4 is 4.90 Å². The maximum Gasteiger partial charge on any atom is 0.137 e. The molecule has 11 rings (SSSR count). The van der Waals surface area contributed by atoms with Gasteiger partial charge in [0.15, 0.2) is 0 Å². The molecule has 0 spiro atoms. The summed E-state index contributed by atoms with van der Waals surface area (Å²) in [5.74, 6) is 0. The molecule has 0 saturated carbocycles. The number of benzene rings is 8. The van der Waals surface area contributed by atoms with Crippen LogP contribution in [0.25, 0.3) is 71.7 Å². The van der Waals surface area contributed by atoms with E-state index in [0.717, 1.165) is 50.1 Å². The molecule has 3 nitrogen and oxygen atoms in total. The number of anilines is 3. The first kappa shape index (κ1) is 35.3. The third kappa shape index (κ3) is 5.79. The normalized spacial score (nSPS) is 14.6. The van der Waals surface area contributed by atoms with E-state index in [0.29, 0.717) is 0 Å². The highest BCUT2D eigenvalue weighted by Gasteiger charge is 2.37. The Labute approximate surface area is 345 Å². The minimum Gasteiger partial charge on any atom is -0.456 e. The van der Waals surface area contributed by atoms with Crippen LogP contribution in [-0.2, 0) is 10.8 Å². The van der Waals surface area contributed by atoms with Gasteiger partial charge in [-0.05, 0) is 112 Å². The Kier molecular flexibility index (Phi) is 8.00. The third-order valence-corrected chi connectivity index (χ3v) is 13.1. The summed E-state index contributed by atoms with van der Waals surface area (Å²) < 4.78 is 9.03. The highest BCUT2D eigenvalue weighted by Crippen LogP contribution is 2.48. The van der Waals surface area contributed by atoms with Crippen LogP contribution in [-0.4, -0.2) is 4.57 Å². The summed E-state index contributed by atoms with van der Waals surface area (Å²) in [4.78, 5) is 2.42. The lowest BCUT2D eigenvalue weighted by Crippen LogP contribution is -2.33. The van der Waals surface area contributed by atoms with E-state index in [1.54, 1.807) is 0 Å². The van der Waals surface area contributed by atoms with Crippen molar-refractivity contribution in [3.05, 3.63) is 193 Å². The van der Waals surface area contributed by atoms with Gasteiger partial charge in [0, 0.05) is 50.2 Å². The van der Waals surface area contributed by atoms with Crippen LogP contribution in [0.5, 0.6) is 0 Å². The van der Waals surface area contributed by atoms with Crippen molar-refractivity contribution in [2.24, 2.45) is 0 Å². The Hall–Kier alpha value is -6.84. The minimum absolute atomic E-state index is 0.0939. The molecular weight excluding hydrogens is 717 g/mol. The van der Waals surface area contributed by atoms with Crippen LogP contribution in [0.1, 0.15) is 51.7 Å². The van der Waals surface area contributed by atoms with Gasteiger partial charge < -0.3 is 13.9 Å². The molecule has 0 fully saturated rings. The number of aromatic nitrogens is 1. The monoisotopic (exact) mass is 762 g/mol. The van der Waals surface area contributed by atoms with Gasteiger partial charge >= 0.3 is 0 Å². The van der Waals surface area contributed by atoms with Crippen molar-refractivity contribution in [1.82, 2.24) is 4.57 Å². The summed E-state index contributed by atoms with van der Waals surface area (Å²) in [5, 5.41) is 4.72. The highest BCUT2D eigenvalue weighted by atomic mass is 16.3. The van der Waals surface area contributed by atoms with Gasteiger partial charge in [0.1, 0.15) is 11.2 Å². The van der Waals surface area contributed by atoms with E-state index >= 15 is 0 Å². The second-order valence-corrected chi connectivity index (χ2v) is 17.6. The van der Waals surface area contributed by atoms with Gasteiger partial charge in [-0.3, -0.25) is 0 Å². The molecule has 2 heterocycles. The number of para-hydroxylation sites is 2. The van der Waals surface area contributed by atoms with E-state index in [2.05, 4.69) is 213 Å². The van der Waals surface area contributed by atoms with Gasteiger partial charge in [-0.1, -0.05) is 143 Å². The molecule has 0 bridgehead atoms. The maximum absolute atomic E-state index is 6.54. The zero-order chi connectivity index (χ0) is 39.9. The molecule has 0 unspecified atom stereocenters. The number of hydrogen-bond donors (Lipinski definition) is 0. The standard InChI is InChI=1S/C56H46N2O/c1-55(2)31-32-56(3,4)49-34-40(26-29-48(49)55)58-50-21-13-11-19-43(50)44-27-24-41(35-52(44)58)57(42-25-28-46-45-20-12-14-22-53(45)59-54(46)36-42)51-30-23-39(37-15-7-5-8-16-37)33-47(51)38-17-9-6-10-18-38/h5-30,33-36H,31-32H2,1-4H3. The van der Waals surface area contributed by atoms with Crippen LogP contribution >= 0.6 is 0 Å². The molecule has 2 aromatic heterocycles. The third-order valence-electron chi connectivity index (χ3n) is 13.1. The molecule has 0 aliphatic heterocycles. The van der Waals surface area contributed by atoms with Crippen molar-refractivity contribution in [1.29, 1.82) is 0 Å². The van der Waals surface area contributed by atoms with Gasteiger partial charge in [0.2, 0.25) is 0 Å². The lowest BCUT2D eigenvalue weighted by molar-refractivity contribution is 0.332. The van der Waals surface area contributed by atoms with Crippen LogP contribution in [0.15, 0.2) is 186 Å². The van der Waals surface area contributed by atoms with E-state index in [9.17, 15) is 0 Å². The van der Waals surface area contributed by atoms with E-state index in [-0.39, 0.29) is 10.8 Å². The summed E-state index contributed by atoms with van der Waals surface area (Å²) >= 11 is 0. The van der Waals surface area contributed by atoms with Gasteiger partial charge in [-0.15, -0.1) is 0 Å². The molecule has 8 aromatic carbocycles. The molecular formula is C56H46N2O. The fourth-order valence-corrected chi connectivity index (χ4v) is 9.76. The number of fused-ring (bicyclic) bond motifs is 7. The predicted molar refractivity (Wildman–Crippen MR) is 249 cm³/mol. The largest absolute Gasteiger partial charge is 0.456 e. The summed E-state index contributed by atoms with van der Waals surface area (Å²) in [5.41, 5.74) is 16.4. The predicted octanol–water partition coefficient (Wildman–Crippen LogP) is 15.8. The molecule has 1 aliphatic rings. The lowest BCUT2D eigenvalue weighted by Gasteiger charge is -2.42. The topological polar surface area (TPSA) is 21.3 Å². The SMILES string of the molecule is CC1(C)CCC(C)(C)c2cc(-n3c4ccccc4c4ccc(N(c5ccc6c(c5)oc5ccccc56)c5ccc(-c6ccccc6)cc5-c5ccccc5)cc43)ccc21. The first-order valence-electron chi connectivity index (χ1n) is 20.9. The fourth-order valence-electron chi connectivity index (χ4n) is 9.76. The van der Waals surface area contributed by atoms with E-state index in [4.69, 9.17) is 4.42 Å². The first-order valence-corrected chi connectivity index (χ1v) is 20.9. The summed E-state index contributed by atoms with van der Waals surface area (Å²) in [7, 11) is 0. The van der Waals surface area contributed by atoms with E-state index in [1.165, 1.54) is 62.6 Å². The summed E-state index contributed by atoms with van der Waals surface area (Å²) in [6.07, 6.45) is 2.36. The second kappa shape index (κ2) is 13.4. The van der Waals surface area contributed by atoms with Crippen LogP contribution in [0, 0.1) is 0 Å². The lowest BCUT2D eigenvalue weighted by atomic mass is 9.63. The van der Waals surface area contributed by atoms with Crippen molar-refractivity contribution in [3.63, 3.8) is 0 Å². The molecule has 10 aromatic rings. The van der Waals surface area contributed by atoms with Crippen molar-refractivity contribution in [2.45, 2.75) is 51.4 Å². The molecule has 0 atom stereocenters. The molecule has 286 valence electrons. The Morgan fingerprint density at radius 1 is 0.441 bits per heavy atom. The molecule has 0 saturated heterocycles. The summed E-state index contributed by atoms with van der Waals surface area (Å²) in [6.45, 7) is 9.64. The minimum atomic E-state index is 0.0939. The Balaban J connectivity index is 1.18. The zero-order valence-electron chi connectivity index (χ0n) is 34.0. The van der Waals surface area contributed by atoms with E-state index < -0.39 is 0 Å². The number of rotatable bonds is 6. The van der Waals surface area contributed by atoms with E-state index in [1.807, 2.05) is 6.07 Å². The number of hydrogen-bond acceptors (Lipinski definition) is 2. The highest BCUT2D eigenvalue weighted by molar-refractivity contribution is 6.11. The Bertz CT molecular complexity index is 3220. The Morgan fingerprint density at radius 2 is 1.05 bits per heavy atom. The average Bonchev–Trinajstić information content (AvgIpc) is 3.81. The van der Waals surface area contributed by atoms with Crippen LogP contribution in [0.2, 0.25) is 0 Å². The smallest absolute Gasteiger partial charge is 0.137 e.